The molecule has 3 heterocycles. The van der Waals surface area contributed by atoms with Gasteiger partial charge in [0.15, 0.2) is 5.11 Å². The number of rotatable bonds is 8. The van der Waals surface area contributed by atoms with Crippen molar-refractivity contribution in [2.24, 2.45) is 0 Å². The fourth-order valence-corrected chi connectivity index (χ4v) is 5.61. The van der Waals surface area contributed by atoms with Gasteiger partial charge in [-0.2, -0.15) is 0 Å². The van der Waals surface area contributed by atoms with Crippen LogP contribution in [-0.4, -0.2) is 32.7 Å². The van der Waals surface area contributed by atoms with Crippen molar-refractivity contribution < 1.29 is 0 Å². The molecule has 0 radical (unpaired) electrons. The van der Waals surface area contributed by atoms with Crippen molar-refractivity contribution in [3.8, 4) is 5.69 Å². The van der Waals surface area contributed by atoms with Crippen LogP contribution >= 0.6 is 12.2 Å². The van der Waals surface area contributed by atoms with Crippen LogP contribution in [0, 0.1) is 20.8 Å². The summed E-state index contributed by atoms with van der Waals surface area (Å²) in [4.78, 5) is 7.05. The molecule has 36 heavy (non-hydrogen) atoms. The third-order valence-corrected chi connectivity index (χ3v) is 7.28. The second-order valence-electron chi connectivity index (χ2n) is 9.47. The minimum Gasteiger partial charge on any atom is -0.385 e. The Morgan fingerprint density at radius 2 is 1.75 bits per heavy atom. The number of aryl methyl sites for hydroxylation is 2. The topological polar surface area (TPSA) is 45.1 Å². The van der Waals surface area contributed by atoms with E-state index in [9.17, 15) is 0 Å². The molecule has 0 amide bonds. The second-order valence-corrected chi connectivity index (χ2v) is 9.85. The molecular weight excluding hydrogens is 462 g/mol. The van der Waals surface area contributed by atoms with Crippen LogP contribution in [-0.2, 0) is 0 Å². The quantitative estimate of drug-likeness (QED) is 0.223. The normalized spacial score (nSPS) is 17.3. The molecular formula is C30H33N5S. The minimum atomic E-state index is -0.00718. The second kappa shape index (κ2) is 10.5. The van der Waals surface area contributed by atoms with Crippen LogP contribution in [0.3, 0.4) is 0 Å². The Balaban J connectivity index is 1.46. The molecule has 1 aliphatic heterocycles. The van der Waals surface area contributed by atoms with E-state index in [1.807, 2.05) is 24.4 Å². The molecule has 1 aliphatic rings. The largest absolute Gasteiger partial charge is 0.385 e. The highest BCUT2D eigenvalue weighted by molar-refractivity contribution is 7.80. The van der Waals surface area contributed by atoms with Gasteiger partial charge in [0.25, 0.3) is 0 Å². The van der Waals surface area contributed by atoms with Crippen molar-refractivity contribution in [3.63, 3.8) is 0 Å². The Bertz CT molecular complexity index is 1330. The number of nitrogens with zero attached hydrogens (tertiary/aromatic N) is 3. The third-order valence-electron chi connectivity index (χ3n) is 6.93. The van der Waals surface area contributed by atoms with Gasteiger partial charge in [0.2, 0.25) is 0 Å². The van der Waals surface area contributed by atoms with Gasteiger partial charge in [-0.1, -0.05) is 36.4 Å². The number of pyridine rings is 1. The summed E-state index contributed by atoms with van der Waals surface area (Å²) >= 11 is 5.89. The van der Waals surface area contributed by atoms with E-state index in [4.69, 9.17) is 17.2 Å². The molecule has 4 aromatic rings. The van der Waals surface area contributed by atoms with Crippen LogP contribution in [0.2, 0.25) is 0 Å². The van der Waals surface area contributed by atoms with Gasteiger partial charge in [-0.3, -0.25) is 4.98 Å². The van der Waals surface area contributed by atoms with Crippen molar-refractivity contribution in [1.82, 2.24) is 19.8 Å². The van der Waals surface area contributed by atoms with Crippen LogP contribution in [0.1, 0.15) is 46.7 Å². The highest BCUT2D eigenvalue weighted by Gasteiger charge is 2.41. The molecule has 0 bridgehead atoms. The highest BCUT2D eigenvalue weighted by Crippen LogP contribution is 2.41. The van der Waals surface area contributed by atoms with E-state index in [2.05, 4.69) is 102 Å². The third kappa shape index (κ3) is 4.86. The molecule has 0 aliphatic carbocycles. The van der Waals surface area contributed by atoms with Gasteiger partial charge >= 0.3 is 0 Å². The van der Waals surface area contributed by atoms with Crippen molar-refractivity contribution in [2.75, 3.05) is 18.4 Å². The van der Waals surface area contributed by atoms with Gasteiger partial charge in [-0.05, 0) is 93.0 Å². The summed E-state index contributed by atoms with van der Waals surface area (Å²) in [5.41, 5.74) is 8.34. The fraction of sp³-hybridized carbons (Fsp3) is 0.267. The number of thiocarbonyl (C=S) groups is 1. The van der Waals surface area contributed by atoms with Gasteiger partial charge in [0, 0.05) is 42.0 Å². The summed E-state index contributed by atoms with van der Waals surface area (Å²) in [5, 5.41) is 7.91. The maximum atomic E-state index is 5.89. The molecule has 2 N–H and O–H groups in total. The van der Waals surface area contributed by atoms with E-state index in [0.717, 1.165) is 36.0 Å². The van der Waals surface area contributed by atoms with Crippen LogP contribution in [0.15, 0.2) is 85.1 Å². The molecule has 2 aromatic carbocycles. The van der Waals surface area contributed by atoms with Crippen molar-refractivity contribution in [3.05, 3.63) is 113 Å². The van der Waals surface area contributed by atoms with Crippen LogP contribution in [0.4, 0.5) is 5.69 Å². The lowest BCUT2D eigenvalue weighted by molar-refractivity contribution is 0.315. The number of anilines is 1. The summed E-state index contributed by atoms with van der Waals surface area (Å²) in [7, 11) is 0. The number of hydrogen-bond acceptors (Lipinski definition) is 3. The fourth-order valence-electron chi connectivity index (χ4n) is 5.27. The standard InChI is InChI=1S/C30H33N5S/c1-21-11-9-14-25(19-21)35-22(2)20-26(23(35)3)29-28(27-15-7-8-16-32-27)33-30(36)34(29)18-10-17-31-24-12-5-4-6-13-24/h4-9,11-16,19-20,28-29,31H,10,17-18H2,1-3H3,(H,33,36)/t28-,29-/m0/s1. The first-order valence-corrected chi connectivity index (χ1v) is 13.0. The van der Waals surface area contributed by atoms with Crippen molar-refractivity contribution in [2.45, 2.75) is 39.3 Å². The first-order chi connectivity index (χ1) is 17.5. The maximum Gasteiger partial charge on any atom is 0.170 e. The van der Waals surface area contributed by atoms with Gasteiger partial charge in [0.05, 0.1) is 17.8 Å². The van der Waals surface area contributed by atoms with Crippen LogP contribution in [0.5, 0.6) is 0 Å². The van der Waals surface area contributed by atoms with Crippen molar-refractivity contribution in [1.29, 1.82) is 0 Å². The number of aromatic nitrogens is 2. The predicted octanol–water partition coefficient (Wildman–Crippen LogP) is 6.27. The zero-order valence-corrected chi connectivity index (χ0v) is 21.9. The lowest BCUT2D eigenvalue weighted by atomic mass is 9.96. The molecule has 2 atom stereocenters. The molecule has 2 aromatic heterocycles. The molecule has 6 heteroatoms. The zero-order chi connectivity index (χ0) is 25.1. The van der Waals surface area contributed by atoms with Gasteiger partial charge in [-0.25, -0.2) is 0 Å². The number of benzene rings is 2. The zero-order valence-electron chi connectivity index (χ0n) is 21.1. The van der Waals surface area contributed by atoms with E-state index >= 15 is 0 Å². The molecule has 0 spiro atoms. The van der Waals surface area contributed by atoms with Crippen LogP contribution < -0.4 is 10.6 Å². The Hall–Kier alpha value is -3.64. The summed E-state index contributed by atoms with van der Waals surface area (Å²) < 4.78 is 2.36. The molecule has 1 fully saturated rings. The van der Waals surface area contributed by atoms with E-state index < -0.39 is 0 Å². The molecule has 1 saturated heterocycles. The molecule has 184 valence electrons. The average molecular weight is 496 g/mol. The van der Waals surface area contributed by atoms with Crippen LogP contribution in [0.25, 0.3) is 5.69 Å². The maximum absolute atomic E-state index is 5.89. The Morgan fingerprint density at radius 1 is 0.944 bits per heavy atom. The first kappa shape index (κ1) is 24.1. The summed E-state index contributed by atoms with van der Waals surface area (Å²) in [5.74, 6) is 0. The molecule has 5 rings (SSSR count). The molecule has 0 saturated carbocycles. The van der Waals surface area contributed by atoms with Gasteiger partial charge in [0.1, 0.15) is 0 Å². The number of hydrogen-bond donors (Lipinski definition) is 2. The lowest BCUT2D eigenvalue weighted by Gasteiger charge is -2.28. The smallest absolute Gasteiger partial charge is 0.170 e. The predicted molar refractivity (Wildman–Crippen MR) is 152 cm³/mol. The van der Waals surface area contributed by atoms with Gasteiger partial charge < -0.3 is 20.1 Å². The van der Waals surface area contributed by atoms with E-state index in [1.165, 1.54) is 28.2 Å². The first-order valence-electron chi connectivity index (χ1n) is 12.6. The molecule has 0 unspecified atom stereocenters. The monoisotopic (exact) mass is 495 g/mol. The highest BCUT2D eigenvalue weighted by atomic mass is 32.1. The van der Waals surface area contributed by atoms with Crippen molar-refractivity contribution >= 4 is 23.0 Å². The summed E-state index contributed by atoms with van der Waals surface area (Å²) in [6, 6.07) is 27.5. The summed E-state index contributed by atoms with van der Waals surface area (Å²) in [6.07, 6.45) is 2.83. The average Bonchev–Trinajstić information content (AvgIpc) is 3.37. The number of para-hydroxylation sites is 1. The van der Waals surface area contributed by atoms with Gasteiger partial charge in [-0.15, -0.1) is 0 Å². The minimum absolute atomic E-state index is 0.00718. The van der Waals surface area contributed by atoms with E-state index in [1.54, 1.807) is 0 Å². The van der Waals surface area contributed by atoms with E-state index in [-0.39, 0.29) is 12.1 Å². The Kier molecular flexibility index (Phi) is 7.05. The SMILES string of the molecule is Cc1cccc(-n2c(C)cc([C@H]3[C@H](c4ccccn4)NC(=S)N3CCCNc3ccccc3)c2C)c1. The molecule has 5 nitrogen and oxygen atoms in total. The van der Waals surface area contributed by atoms with E-state index in [0.29, 0.717) is 0 Å². The summed E-state index contributed by atoms with van der Waals surface area (Å²) in [6.45, 7) is 8.28. The Labute approximate surface area is 219 Å². The Morgan fingerprint density at radius 3 is 2.50 bits per heavy atom. The lowest BCUT2D eigenvalue weighted by Crippen LogP contribution is -2.31. The number of nitrogens with one attached hydrogen (secondary N) is 2.